The lowest BCUT2D eigenvalue weighted by Crippen LogP contribution is -2.28. The Labute approximate surface area is 385 Å². The highest BCUT2D eigenvalue weighted by molar-refractivity contribution is 6.22. The van der Waals surface area contributed by atoms with Gasteiger partial charge in [-0.05, 0) is 124 Å². The van der Waals surface area contributed by atoms with Gasteiger partial charge in [0.2, 0.25) is 0 Å². The molecule has 0 radical (unpaired) electrons. The number of fused-ring (bicyclic) bond motifs is 9. The third kappa shape index (κ3) is 5.73. The molecule has 1 nitrogen and oxygen atoms in total. The van der Waals surface area contributed by atoms with Crippen LogP contribution in [-0.4, -0.2) is 0 Å². The van der Waals surface area contributed by atoms with Crippen LogP contribution >= 0.6 is 0 Å². The summed E-state index contributed by atoms with van der Waals surface area (Å²) in [5.41, 5.74) is 15.3. The standard InChI is InChI=1S/C65H43N/c1-5-21-44(22-6-1)63-58-35-18-16-32-53(58)54-39-37-49(42-59(54)64(63)45-23-7-2-8-24-45)66(62-41-46-25-13-14-30-51(46)52-31-15-17-34-57(52)62)50-38-40-56-55-33-19-20-36-60(55)65(61(56)43-50,47-26-9-3-10-27-47)48-28-11-4-12-29-48/h1-43H. The molecule has 12 aromatic rings. The Morgan fingerprint density at radius 3 is 1.39 bits per heavy atom. The Kier molecular flexibility index (Phi) is 8.82. The highest BCUT2D eigenvalue weighted by atomic mass is 15.1. The lowest BCUT2D eigenvalue weighted by molar-refractivity contribution is 0.768. The maximum absolute atomic E-state index is 2.53. The molecule has 1 aliphatic rings. The summed E-state index contributed by atoms with van der Waals surface area (Å²) in [5.74, 6) is 0. The van der Waals surface area contributed by atoms with Crippen molar-refractivity contribution < 1.29 is 0 Å². The molecule has 0 unspecified atom stereocenters. The van der Waals surface area contributed by atoms with Gasteiger partial charge in [-0.15, -0.1) is 0 Å². The summed E-state index contributed by atoms with van der Waals surface area (Å²) in [6, 6.07) is 96.6. The molecule has 66 heavy (non-hydrogen) atoms. The Balaban J connectivity index is 1.16. The van der Waals surface area contributed by atoms with Gasteiger partial charge in [0.25, 0.3) is 0 Å². The minimum atomic E-state index is -0.547. The minimum Gasteiger partial charge on any atom is -0.310 e. The van der Waals surface area contributed by atoms with Gasteiger partial charge in [0, 0.05) is 16.8 Å². The number of anilines is 3. The van der Waals surface area contributed by atoms with Crippen LogP contribution in [0, 0.1) is 0 Å². The first-order chi connectivity index (χ1) is 32.8. The summed E-state index contributed by atoms with van der Waals surface area (Å²) in [4.78, 5) is 2.53. The molecule has 1 heteroatoms. The fraction of sp³-hybridized carbons (Fsp3) is 0.0154. The van der Waals surface area contributed by atoms with E-state index in [0.29, 0.717) is 0 Å². The first-order valence-electron chi connectivity index (χ1n) is 22.9. The van der Waals surface area contributed by atoms with Crippen molar-refractivity contribution in [3.63, 3.8) is 0 Å². The van der Waals surface area contributed by atoms with Crippen molar-refractivity contribution in [2.75, 3.05) is 4.90 Å². The molecule has 0 N–H and O–H groups in total. The molecule has 0 atom stereocenters. The quantitative estimate of drug-likeness (QED) is 0.145. The third-order valence-electron chi connectivity index (χ3n) is 14.1. The summed E-state index contributed by atoms with van der Waals surface area (Å²) < 4.78 is 0. The molecule has 0 bridgehead atoms. The van der Waals surface area contributed by atoms with Crippen LogP contribution in [0.4, 0.5) is 17.1 Å². The first kappa shape index (κ1) is 38.0. The zero-order valence-electron chi connectivity index (χ0n) is 36.3. The van der Waals surface area contributed by atoms with Gasteiger partial charge in [-0.3, -0.25) is 0 Å². The van der Waals surface area contributed by atoms with Gasteiger partial charge >= 0.3 is 0 Å². The molecule has 0 saturated heterocycles. The van der Waals surface area contributed by atoms with E-state index in [-0.39, 0.29) is 0 Å². The minimum absolute atomic E-state index is 0.547. The van der Waals surface area contributed by atoms with Gasteiger partial charge in [0.1, 0.15) is 0 Å². The van der Waals surface area contributed by atoms with E-state index in [9.17, 15) is 0 Å². The van der Waals surface area contributed by atoms with Crippen molar-refractivity contribution in [3.05, 3.63) is 283 Å². The highest BCUT2D eigenvalue weighted by Gasteiger charge is 2.46. The second-order valence-electron chi connectivity index (χ2n) is 17.5. The molecule has 0 saturated carbocycles. The number of nitrogens with zero attached hydrogens (tertiary/aromatic N) is 1. The lowest BCUT2D eigenvalue weighted by atomic mass is 9.67. The fourth-order valence-corrected chi connectivity index (χ4v) is 11.3. The SMILES string of the molecule is c1ccc(-c2c(-c3ccccc3)c3cc(N(c4ccc5c(c4)C(c4ccccc4)(c4ccccc4)c4ccccc4-5)c4cc5ccccc5c5ccccc45)ccc3c3ccccc23)cc1. The zero-order valence-corrected chi connectivity index (χ0v) is 36.3. The summed E-state index contributed by atoms with van der Waals surface area (Å²) in [5, 5.41) is 9.81. The Bertz CT molecular complexity index is 3760. The molecular formula is C65H43N. The first-order valence-corrected chi connectivity index (χ1v) is 22.9. The van der Waals surface area contributed by atoms with Crippen LogP contribution in [0.25, 0.3) is 76.5 Å². The molecule has 13 rings (SSSR count). The average Bonchev–Trinajstić information content (AvgIpc) is 3.69. The molecule has 12 aromatic carbocycles. The predicted octanol–water partition coefficient (Wildman–Crippen LogP) is 17.5. The second kappa shape index (κ2) is 15.3. The number of hydrogen-bond donors (Lipinski definition) is 0. The third-order valence-corrected chi connectivity index (χ3v) is 14.1. The molecule has 308 valence electrons. The van der Waals surface area contributed by atoms with Crippen molar-refractivity contribution in [3.8, 4) is 33.4 Å². The Morgan fingerprint density at radius 2 is 0.727 bits per heavy atom. The van der Waals surface area contributed by atoms with E-state index < -0.39 is 5.41 Å². The largest absolute Gasteiger partial charge is 0.310 e. The van der Waals surface area contributed by atoms with E-state index >= 15 is 0 Å². The van der Waals surface area contributed by atoms with Crippen LogP contribution < -0.4 is 4.90 Å². The van der Waals surface area contributed by atoms with Crippen molar-refractivity contribution in [2.45, 2.75) is 5.41 Å². The monoisotopic (exact) mass is 837 g/mol. The summed E-state index contributed by atoms with van der Waals surface area (Å²) in [6.07, 6.45) is 0. The van der Waals surface area contributed by atoms with E-state index in [4.69, 9.17) is 0 Å². The molecule has 0 fully saturated rings. The number of hydrogen-bond acceptors (Lipinski definition) is 1. The van der Waals surface area contributed by atoms with E-state index in [1.165, 1.54) is 98.7 Å². The maximum atomic E-state index is 2.53. The van der Waals surface area contributed by atoms with Crippen molar-refractivity contribution in [2.24, 2.45) is 0 Å². The van der Waals surface area contributed by atoms with Gasteiger partial charge in [-0.25, -0.2) is 0 Å². The van der Waals surface area contributed by atoms with Crippen molar-refractivity contribution in [1.82, 2.24) is 0 Å². The van der Waals surface area contributed by atoms with E-state index in [1.807, 2.05) is 0 Å². The van der Waals surface area contributed by atoms with Crippen LogP contribution in [0.3, 0.4) is 0 Å². The van der Waals surface area contributed by atoms with Gasteiger partial charge in [-0.1, -0.05) is 231 Å². The van der Waals surface area contributed by atoms with Gasteiger partial charge in [-0.2, -0.15) is 0 Å². The summed E-state index contributed by atoms with van der Waals surface area (Å²) >= 11 is 0. The van der Waals surface area contributed by atoms with Gasteiger partial charge < -0.3 is 4.90 Å². The normalized spacial score (nSPS) is 12.7. The van der Waals surface area contributed by atoms with Crippen molar-refractivity contribution >= 4 is 60.2 Å². The van der Waals surface area contributed by atoms with Crippen LogP contribution in [0.5, 0.6) is 0 Å². The molecule has 0 aliphatic heterocycles. The summed E-state index contributed by atoms with van der Waals surface area (Å²) in [7, 11) is 0. The molecule has 0 aromatic heterocycles. The maximum Gasteiger partial charge on any atom is 0.0714 e. The molecule has 1 aliphatic carbocycles. The van der Waals surface area contributed by atoms with Crippen LogP contribution in [0.2, 0.25) is 0 Å². The van der Waals surface area contributed by atoms with E-state index in [1.54, 1.807) is 0 Å². The van der Waals surface area contributed by atoms with E-state index in [0.717, 1.165) is 17.1 Å². The number of benzene rings is 12. The van der Waals surface area contributed by atoms with E-state index in [2.05, 4.69) is 266 Å². The second-order valence-corrected chi connectivity index (χ2v) is 17.5. The Hall–Kier alpha value is -8.52. The molecular weight excluding hydrogens is 795 g/mol. The topological polar surface area (TPSA) is 3.24 Å². The zero-order chi connectivity index (χ0) is 43.6. The van der Waals surface area contributed by atoms with Crippen molar-refractivity contribution in [1.29, 1.82) is 0 Å². The van der Waals surface area contributed by atoms with Crippen LogP contribution in [-0.2, 0) is 5.41 Å². The smallest absolute Gasteiger partial charge is 0.0714 e. The summed E-state index contributed by atoms with van der Waals surface area (Å²) in [6.45, 7) is 0. The average molecular weight is 838 g/mol. The lowest BCUT2D eigenvalue weighted by Gasteiger charge is -2.35. The molecule has 0 spiro atoms. The van der Waals surface area contributed by atoms with Crippen LogP contribution in [0.15, 0.2) is 261 Å². The number of rotatable bonds is 7. The predicted molar refractivity (Wildman–Crippen MR) is 279 cm³/mol. The molecule has 0 heterocycles. The Morgan fingerprint density at radius 1 is 0.273 bits per heavy atom. The fourth-order valence-electron chi connectivity index (χ4n) is 11.3. The highest BCUT2D eigenvalue weighted by Crippen LogP contribution is 2.58. The van der Waals surface area contributed by atoms with Gasteiger partial charge in [0.05, 0.1) is 11.1 Å². The van der Waals surface area contributed by atoms with Crippen LogP contribution in [0.1, 0.15) is 22.3 Å². The molecule has 0 amide bonds. The van der Waals surface area contributed by atoms with Gasteiger partial charge in [0.15, 0.2) is 0 Å².